The second-order valence-electron chi connectivity index (χ2n) is 6.67. The summed E-state index contributed by atoms with van der Waals surface area (Å²) in [4.78, 5) is 17.0. The van der Waals surface area contributed by atoms with E-state index in [4.69, 9.17) is 4.52 Å². The van der Waals surface area contributed by atoms with Crippen LogP contribution in [0.5, 0.6) is 0 Å². The average molecular weight is 317 g/mol. The van der Waals surface area contributed by atoms with Crippen LogP contribution >= 0.6 is 0 Å². The molecule has 2 N–H and O–H groups in total. The summed E-state index contributed by atoms with van der Waals surface area (Å²) < 4.78 is 5.25. The second-order valence-corrected chi connectivity index (χ2v) is 6.67. The van der Waals surface area contributed by atoms with Crippen LogP contribution in [0.2, 0.25) is 0 Å². The number of pyridine rings is 1. The third-order valence-corrected chi connectivity index (χ3v) is 4.37. The first kappa shape index (κ1) is 15.9. The quantitative estimate of drug-likeness (QED) is 0.855. The van der Waals surface area contributed by atoms with Crippen LogP contribution in [0, 0.1) is 12.8 Å². The summed E-state index contributed by atoms with van der Waals surface area (Å²) >= 11 is 0. The van der Waals surface area contributed by atoms with Gasteiger partial charge in [-0.05, 0) is 38.2 Å². The normalized spacial score (nSPS) is 16.0. The first-order valence-corrected chi connectivity index (χ1v) is 8.20. The number of hydrogen-bond acceptors (Lipinski definition) is 5. The van der Waals surface area contributed by atoms with Crippen molar-refractivity contribution in [2.45, 2.75) is 52.1 Å². The molecule has 1 unspecified atom stereocenters. The van der Waals surface area contributed by atoms with Crippen molar-refractivity contribution in [3.63, 3.8) is 0 Å². The number of nitrogens with one attached hydrogen (secondary N) is 1. The standard InChI is InChI=1S/C17H23N3O3/c1-9(2)14(21)6-7-18-16(22)12-8-13(11-4-5-11)19-17-15(12)10(3)20-23-17/h8-9,11,14,21H,4-7H2,1-3H3,(H,18,22). The van der Waals surface area contributed by atoms with Gasteiger partial charge in [-0.25, -0.2) is 4.98 Å². The Balaban J connectivity index is 1.80. The minimum atomic E-state index is -0.410. The molecule has 1 amide bonds. The summed E-state index contributed by atoms with van der Waals surface area (Å²) in [7, 11) is 0. The van der Waals surface area contributed by atoms with Crippen LogP contribution in [0.1, 0.15) is 60.8 Å². The smallest absolute Gasteiger partial charge is 0.259 e. The predicted octanol–water partition coefficient (Wildman–Crippen LogP) is 2.55. The lowest BCUT2D eigenvalue weighted by Gasteiger charge is -2.14. The molecular weight excluding hydrogens is 294 g/mol. The van der Waals surface area contributed by atoms with E-state index in [1.54, 1.807) is 0 Å². The Morgan fingerprint density at radius 3 is 2.87 bits per heavy atom. The molecule has 124 valence electrons. The summed E-state index contributed by atoms with van der Waals surface area (Å²) in [6.07, 6.45) is 2.34. The fourth-order valence-electron chi connectivity index (χ4n) is 2.64. The number of carbonyl (C=O) groups is 1. The van der Waals surface area contributed by atoms with Gasteiger partial charge in [0.1, 0.15) is 0 Å². The highest BCUT2D eigenvalue weighted by Crippen LogP contribution is 2.40. The summed E-state index contributed by atoms with van der Waals surface area (Å²) in [5.74, 6) is 0.446. The summed E-state index contributed by atoms with van der Waals surface area (Å²) in [6.45, 7) is 6.16. The fourth-order valence-corrected chi connectivity index (χ4v) is 2.64. The molecule has 0 saturated heterocycles. The molecule has 1 aliphatic carbocycles. The van der Waals surface area contributed by atoms with E-state index in [0.717, 1.165) is 18.5 Å². The number of hydrogen-bond donors (Lipinski definition) is 2. The van der Waals surface area contributed by atoms with Crippen molar-refractivity contribution in [2.75, 3.05) is 6.54 Å². The Bertz CT molecular complexity index is 719. The molecule has 23 heavy (non-hydrogen) atoms. The number of aliphatic hydroxyl groups excluding tert-OH is 1. The second kappa shape index (κ2) is 6.28. The Kier molecular flexibility index (Phi) is 4.35. The molecule has 1 atom stereocenters. The van der Waals surface area contributed by atoms with Gasteiger partial charge in [0.25, 0.3) is 11.6 Å². The van der Waals surface area contributed by atoms with E-state index in [9.17, 15) is 9.90 Å². The molecule has 0 radical (unpaired) electrons. The van der Waals surface area contributed by atoms with Gasteiger partial charge in [0.2, 0.25) is 0 Å². The van der Waals surface area contributed by atoms with Crippen molar-refractivity contribution >= 4 is 17.0 Å². The maximum atomic E-state index is 12.6. The van der Waals surface area contributed by atoms with Crippen molar-refractivity contribution in [3.05, 3.63) is 23.0 Å². The van der Waals surface area contributed by atoms with Gasteiger partial charge in [-0.1, -0.05) is 19.0 Å². The molecule has 1 fully saturated rings. The van der Waals surface area contributed by atoms with Crippen molar-refractivity contribution in [1.82, 2.24) is 15.5 Å². The maximum absolute atomic E-state index is 12.6. The fraction of sp³-hybridized carbons (Fsp3) is 0.588. The Morgan fingerprint density at radius 2 is 2.22 bits per heavy atom. The van der Waals surface area contributed by atoms with Crippen LogP contribution in [-0.2, 0) is 0 Å². The van der Waals surface area contributed by atoms with Crippen molar-refractivity contribution in [3.8, 4) is 0 Å². The number of aromatic nitrogens is 2. The zero-order valence-electron chi connectivity index (χ0n) is 13.8. The molecule has 2 aromatic rings. The van der Waals surface area contributed by atoms with Crippen LogP contribution in [0.15, 0.2) is 10.6 Å². The predicted molar refractivity (Wildman–Crippen MR) is 86.3 cm³/mol. The van der Waals surface area contributed by atoms with Crippen LogP contribution in [0.4, 0.5) is 0 Å². The van der Waals surface area contributed by atoms with Crippen LogP contribution < -0.4 is 5.32 Å². The van der Waals surface area contributed by atoms with Gasteiger partial charge in [-0.2, -0.15) is 0 Å². The number of fused-ring (bicyclic) bond motifs is 1. The average Bonchev–Trinajstić information content (AvgIpc) is 3.30. The lowest BCUT2D eigenvalue weighted by molar-refractivity contribution is 0.0921. The highest BCUT2D eigenvalue weighted by molar-refractivity contribution is 6.06. The Labute approximate surface area is 135 Å². The summed E-state index contributed by atoms with van der Waals surface area (Å²) in [5, 5.41) is 17.3. The van der Waals surface area contributed by atoms with Crippen LogP contribution in [-0.4, -0.2) is 33.8 Å². The maximum Gasteiger partial charge on any atom is 0.259 e. The number of nitrogens with zero attached hydrogens (tertiary/aromatic N) is 2. The van der Waals surface area contributed by atoms with Crippen LogP contribution in [0.25, 0.3) is 11.1 Å². The highest BCUT2D eigenvalue weighted by Gasteiger charge is 2.28. The van der Waals surface area contributed by atoms with E-state index in [-0.39, 0.29) is 11.8 Å². The number of carbonyl (C=O) groups excluding carboxylic acids is 1. The lowest BCUT2D eigenvalue weighted by atomic mass is 10.0. The van der Waals surface area contributed by atoms with E-state index in [2.05, 4.69) is 15.5 Å². The molecular formula is C17H23N3O3. The topological polar surface area (TPSA) is 88.2 Å². The number of aliphatic hydroxyl groups is 1. The molecule has 0 bridgehead atoms. The monoisotopic (exact) mass is 317 g/mol. The lowest BCUT2D eigenvalue weighted by Crippen LogP contribution is -2.29. The van der Waals surface area contributed by atoms with Gasteiger partial charge in [-0.15, -0.1) is 0 Å². The van der Waals surface area contributed by atoms with Gasteiger partial charge in [-0.3, -0.25) is 4.79 Å². The van der Waals surface area contributed by atoms with Crippen molar-refractivity contribution in [2.24, 2.45) is 5.92 Å². The molecule has 0 spiro atoms. The van der Waals surface area contributed by atoms with Gasteiger partial charge < -0.3 is 14.9 Å². The largest absolute Gasteiger partial charge is 0.393 e. The number of rotatable bonds is 6. The molecule has 0 aromatic carbocycles. The SMILES string of the molecule is Cc1noc2nc(C3CC3)cc(C(=O)NCCC(O)C(C)C)c12. The first-order chi connectivity index (χ1) is 11.0. The third-order valence-electron chi connectivity index (χ3n) is 4.37. The minimum absolute atomic E-state index is 0.165. The van der Waals surface area contributed by atoms with Gasteiger partial charge >= 0.3 is 0 Å². The zero-order chi connectivity index (χ0) is 16.6. The Hall–Kier alpha value is -1.95. The van der Waals surface area contributed by atoms with Crippen molar-refractivity contribution < 1.29 is 14.4 Å². The number of aryl methyl sites for hydroxylation is 1. The minimum Gasteiger partial charge on any atom is -0.393 e. The van der Waals surface area contributed by atoms with E-state index >= 15 is 0 Å². The zero-order valence-corrected chi connectivity index (χ0v) is 13.8. The molecule has 6 heteroatoms. The third kappa shape index (κ3) is 3.37. The van der Waals surface area contributed by atoms with Crippen LogP contribution in [0.3, 0.4) is 0 Å². The van der Waals surface area contributed by atoms with E-state index in [0.29, 0.717) is 41.2 Å². The molecule has 2 aromatic heterocycles. The molecule has 1 saturated carbocycles. The van der Waals surface area contributed by atoms with E-state index in [1.165, 1.54) is 0 Å². The van der Waals surface area contributed by atoms with Gasteiger partial charge in [0, 0.05) is 18.2 Å². The van der Waals surface area contributed by atoms with E-state index in [1.807, 2.05) is 26.8 Å². The van der Waals surface area contributed by atoms with Gasteiger partial charge in [0.05, 0.1) is 22.7 Å². The Morgan fingerprint density at radius 1 is 1.48 bits per heavy atom. The van der Waals surface area contributed by atoms with Gasteiger partial charge in [0.15, 0.2) is 0 Å². The van der Waals surface area contributed by atoms with E-state index < -0.39 is 6.10 Å². The molecule has 1 aliphatic rings. The summed E-state index contributed by atoms with van der Waals surface area (Å²) in [5.41, 5.74) is 2.57. The summed E-state index contributed by atoms with van der Waals surface area (Å²) in [6, 6.07) is 1.86. The van der Waals surface area contributed by atoms with Crippen molar-refractivity contribution in [1.29, 1.82) is 0 Å². The molecule has 0 aliphatic heterocycles. The number of amides is 1. The highest BCUT2D eigenvalue weighted by atomic mass is 16.5. The molecule has 6 nitrogen and oxygen atoms in total. The molecule has 2 heterocycles. The first-order valence-electron chi connectivity index (χ1n) is 8.20. The molecule has 3 rings (SSSR count).